The van der Waals surface area contributed by atoms with Gasteiger partial charge in [0.05, 0.1) is 12.0 Å². The predicted octanol–water partition coefficient (Wildman–Crippen LogP) is 2.01. The Morgan fingerprint density at radius 3 is 2.25 bits per heavy atom. The summed E-state index contributed by atoms with van der Waals surface area (Å²) in [6.07, 6.45) is 0.0816. The lowest BCUT2D eigenvalue weighted by molar-refractivity contribution is -0.144. The molecule has 0 amide bonds. The van der Waals surface area contributed by atoms with Crippen LogP contribution in [0, 0.1) is 17.7 Å². The Kier molecular flexibility index (Phi) is 5.82. The monoisotopic (exact) mass is 281 g/mol. The van der Waals surface area contributed by atoms with E-state index in [2.05, 4.69) is 0 Å². The number of halogens is 1. The molecular weight excluding hydrogens is 261 g/mol. The van der Waals surface area contributed by atoms with Crippen molar-refractivity contribution < 1.29 is 19.1 Å². The normalized spacial score (nSPS) is 14.1. The summed E-state index contributed by atoms with van der Waals surface area (Å²) in [5.41, 5.74) is 6.41. The van der Waals surface area contributed by atoms with Crippen molar-refractivity contribution in [2.45, 2.75) is 32.7 Å². The molecule has 1 rings (SSSR count). The van der Waals surface area contributed by atoms with Gasteiger partial charge in [0, 0.05) is 6.42 Å². The topological polar surface area (TPSA) is 80.4 Å². The zero-order chi connectivity index (χ0) is 15.3. The van der Waals surface area contributed by atoms with Gasteiger partial charge in [-0.15, -0.1) is 0 Å². The van der Waals surface area contributed by atoms with Gasteiger partial charge in [-0.3, -0.25) is 9.59 Å². The third-order valence-electron chi connectivity index (χ3n) is 3.28. The molecular formula is C15H20FNO3. The van der Waals surface area contributed by atoms with E-state index in [9.17, 15) is 19.1 Å². The van der Waals surface area contributed by atoms with Gasteiger partial charge in [0.25, 0.3) is 0 Å². The van der Waals surface area contributed by atoms with E-state index in [0.29, 0.717) is 5.56 Å². The highest BCUT2D eigenvalue weighted by atomic mass is 19.1. The van der Waals surface area contributed by atoms with Crippen LogP contribution < -0.4 is 5.73 Å². The van der Waals surface area contributed by atoms with Crippen LogP contribution in [-0.2, 0) is 16.0 Å². The van der Waals surface area contributed by atoms with E-state index in [1.807, 2.05) is 13.8 Å². The molecule has 0 aliphatic heterocycles. The highest BCUT2D eigenvalue weighted by Crippen LogP contribution is 2.16. The first-order valence-corrected chi connectivity index (χ1v) is 6.56. The number of ketones is 1. The van der Waals surface area contributed by atoms with Crippen LogP contribution in [0.1, 0.15) is 25.8 Å². The molecule has 0 aliphatic carbocycles. The lowest BCUT2D eigenvalue weighted by atomic mass is 9.89. The zero-order valence-corrected chi connectivity index (χ0v) is 11.7. The SMILES string of the molecule is CC(C)[C@H](N)C(=O)CC(Cc1ccc(F)cc1)C(=O)O. The lowest BCUT2D eigenvalue weighted by Crippen LogP contribution is -2.37. The maximum Gasteiger partial charge on any atom is 0.307 e. The van der Waals surface area contributed by atoms with Crippen LogP contribution in [0.15, 0.2) is 24.3 Å². The van der Waals surface area contributed by atoms with E-state index >= 15 is 0 Å². The van der Waals surface area contributed by atoms with Gasteiger partial charge in [-0.2, -0.15) is 0 Å². The molecule has 0 saturated heterocycles. The largest absolute Gasteiger partial charge is 0.481 e. The molecule has 0 bridgehead atoms. The minimum atomic E-state index is -1.04. The molecule has 0 radical (unpaired) electrons. The fraction of sp³-hybridized carbons (Fsp3) is 0.467. The van der Waals surface area contributed by atoms with Crippen molar-refractivity contribution in [2.75, 3.05) is 0 Å². The van der Waals surface area contributed by atoms with Gasteiger partial charge in [-0.25, -0.2) is 4.39 Å². The number of rotatable bonds is 7. The average molecular weight is 281 g/mol. The van der Waals surface area contributed by atoms with Crippen molar-refractivity contribution in [1.29, 1.82) is 0 Å². The Balaban J connectivity index is 2.72. The Labute approximate surface area is 117 Å². The van der Waals surface area contributed by atoms with Crippen LogP contribution in [0.25, 0.3) is 0 Å². The summed E-state index contributed by atoms with van der Waals surface area (Å²) >= 11 is 0. The fourth-order valence-corrected chi connectivity index (χ4v) is 1.90. The first-order chi connectivity index (χ1) is 9.31. The van der Waals surface area contributed by atoms with Crippen molar-refractivity contribution in [3.8, 4) is 0 Å². The van der Waals surface area contributed by atoms with E-state index in [1.165, 1.54) is 24.3 Å². The summed E-state index contributed by atoms with van der Waals surface area (Å²) in [5, 5.41) is 9.19. The van der Waals surface area contributed by atoms with E-state index in [1.54, 1.807) is 0 Å². The number of carboxylic acid groups (broad SMARTS) is 1. The number of carbonyl (C=O) groups excluding carboxylic acids is 1. The Morgan fingerprint density at radius 1 is 1.25 bits per heavy atom. The molecule has 1 aromatic rings. The molecule has 3 N–H and O–H groups in total. The molecule has 110 valence electrons. The molecule has 4 nitrogen and oxygen atoms in total. The Bertz CT molecular complexity index is 471. The molecule has 20 heavy (non-hydrogen) atoms. The van der Waals surface area contributed by atoms with E-state index in [-0.39, 0.29) is 30.4 Å². The van der Waals surface area contributed by atoms with Crippen LogP contribution in [0.4, 0.5) is 4.39 Å². The average Bonchev–Trinajstić information content (AvgIpc) is 2.39. The second-order valence-electron chi connectivity index (χ2n) is 5.31. The van der Waals surface area contributed by atoms with Crippen LogP contribution in [0.5, 0.6) is 0 Å². The van der Waals surface area contributed by atoms with E-state index in [4.69, 9.17) is 5.73 Å². The smallest absolute Gasteiger partial charge is 0.307 e. The standard InChI is InChI=1S/C15H20FNO3/c1-9(2)14(17)13(18)8-11(15(19)20)7-10-3-5-12(16)6-4-10/h3-6,9,11,14H,7-8,17H2,1-2H3,(H,19,20)/t11?,14-/m0/s1. The third kappa shape index (κ3) is 4.74. The number of benzene rings is 1. The molecule has 2 atom stereocenters. The molecule has 5 heteroatoms. The maximum atomic E-state index is 12.8. The summed E-state index contributed by atoms with van der Waals surface area (Å²) in [5.74, 6) is -2.53. The van der Waals surface area contributed by atoms with Crippen LogP contribution >= 0.6 is 0 Å². The molecule has 0 spiro atoms. The lowest BCUT2D eigenvalue weighted by Gasteiger charge is -2.17. The van der Waals surface area contributed by atoms with Crippen molar-refractivity contribution >= 4 is 11.8 Å². The molecule has 1 aromatic carbocycles. The highest BCUT2D eigenvalue weighted by molar-refractivity contribution is 5.87. The number of Topliss-reactive ketones (excluding diaryl/α,β-unsaturated/α-hetero) is 1. The number of carboxylic acids is 1. The number of nitrogens with two attached hydrogens (primary N) is 1. The van der Waals surface area contributed by atoms with Gasteiger partial charge in [0.15, 0.2) is 5.78 Å². The second-order valence-corrected chi connectivity index (χ2v) is 5.31. The van der Waals surface area contributed by atoms with Crippen LogP contribution in [0.2, 0.25) is 0 Å². The van der Waals surface area contributed by atoms with E-state index in [0.717, 1.165) is 0 Å². The summed E-state index contributed by atoms with van der Waals surface area (Å²) in [6, 6.07) is 4.95. The first kappa shape index (κ1) is 16.3. The number of hydrogen-bond donors (Lipinski definition) is 2. The van der Waals surface area contributed by atoms with Gasteiger partial charge >= 0.3 is 5.97 Å². The van der Waals surface area contributed by atoms with Crippen LogP contribution in [-0.4, -0.2) is 22.9 Å². The molecule has 0 heterocycles. The minimum absolute atomic E-state index is 0.0252. The minimum Gasteiger partial charge on any atom is -0.481 e. The van der Waals surface area contributed by atoms with Gasteiger partial charge in [0.1, 0.15) is 5.82 Å². The Hall–Kier alpha value is -1.75. The van der Waals surface area contributed by atoms with Gasteiger partial charge < -0.3 is 10.8 Å². The zero-order valence-electron chi connectivity index (χ0n) is 11.7. The Morgan fingerprint density at radius 2 is 1.80 bits per heavy atom. The first-order valence-electron chi connectivity index (χ1n) is 6.56. The number of carbonyl (C=O) groups is 2. The third-order valence-corrected chi connectivity index (χ3v) is 3.28. The van der Waals surface area contributed by atoms with Crippen molar-refractivity contribution in [3.05, 3.63) is 35.6 Å². The molecule has 0 fully saturated rings. The molecule has 0 aromatic heterocycles. The van der Waals surface area contributed by atoms with Crippen molar-refractivity contribution in [1.82, 2.24) is 0 Å². The molecule has 0 saturated carbocycles. The highest BCUT2D eigenvalue weighted by Gasteiger charge is 2.26. The van der Waals surface area contributed by atoms with Gasteiger partial charge in [-0.1, -0.05) is 26.0 Å². The van der Waals surface area contributed by atoms with Crippen LogP contribution in [0.3, 0.4) is 0 Å². The van der Waals surface area contributed by atoms with Crippen molar-refractivity contribution in [2.24, 2.45) is 17.6 Å². The summed E-state index contributed by atoms with van der Waals surface area (Å²) in [6.45, 7) is 3.64. The van der Waals surface area contributed by atoms with E-state index < -0.39 is 17.9 Å². The number of hydrogen-bond acceptors (Lipinski definition) is 3. The predicted molar refractivity (Wildman–Crippen MR) is 73.7 cm³/mol. The summed E-state index contributed by atoms with van der Waals surface area (Å²) in [4.78, 5) is 23.1. The molecule has 1 unspecified atom stereocenters. The maximum absolute atomic E-state index is 12.8. The quantitative estimate of drug-likeness (QED) is 0.801. The summed E-state index contributed by atoms with van der Waals surface area (Å²) in [7, 11) is 0. The number of aliphatic carboxylic acids is 1. The second kappa shape index (κ2) is 7.14. The summed E-state index contributed by atoms with van der Waals surface area (Å²) < 4.78 is 12.8. The molecule has 0 aliphatic rings. The van der Waals surface area contributed by atoms with Gasteiger partial charge in [0.2, 0.25) is 0 Å². The van der Waals surface area contributed by atoms with Gasteiger partial charge in [-0.05, 0) is 30.0 Å². The fourth-order valence-electron chi connectivity index (χ4n) is 1.90. The van der Waals surface area contributed by atoms with Crippen molar-refractivity contribution in [3.63, 3.8) is 0 Å².